The van der Waals surface area contributed by atoms with E-state index in [1.54, 1.807) is 12.1 Å². The first-order valence-electron chi connectivity index (χ1n) is 10.9. The maximum Gasteiger partial charge on any atom is 0.407 e. The van der Waals surface area contributed by atoms with Crippen molar-refractivity contribution in [3.63, 3.8) is 0 Å². The molecule has 0 heterocycles. The first-order chi connectivity index (χ1) is 16.7. The van der Waals surface area contributed by atoms with Gasteiger partial charge in [0.1, 0.15) is 18.4 Å². The molecule has 0 saturated heterocycles. The summed E-state index contributed by atoms with van der Waals surface area (Å²) in [5.41, 5.74) is 4.95. The van der Waals surface area contributed by atoms with Gasteiger partial charge in [0.2, 0.25) is 0 Å². The van der Waals surface area contributed by atoms with E-state index in [1.807, 2.05) is 48.5 Å². The molecule has 0 fully saturated rings. The maximum atomic E-state index is 12.7. The summed E-state index contributed by atoms with van der Waals surface area (Å²) in [5, 5.41) is 2.56. The van der Waals surface area contributed by atoms with E-state index < -0.39 is 28.2 Å². The first kappa shape index (κ1) is 24.3. The lowest BCUT2D eigenvalue weighted by Crippen LogP contribution is -2.43. The number of rotatable bonds is 8. The molecule has 4 rings (SSSR count). The van der Waals surface area contributed by atoms with E-state index in [2.05, 4.69) is 5.32 Å². The number of amides is 1. The van der Waals surface area contributed by atoms with Gasteiger partial charge in [0.25, 0.3) is 0 Å². The molecule has 182 valence electrons. The molecule has 1 N–H and O–H groups in total. The quantitative estimate of drug-likeness (QED) is 0.375. The summed E-state index contributed by atoms with van der Waals surface area (Å²) in [7, 11) is -2.48. The Balaban J connectivity index is 1.44. The van der Waals surface area contributed by atoms with Crippen molar-refractivity contribution in [3.8, 4) is 16.9 Å². The summed E-state index contributed by atoms with van der Waals surface area (Å²) in [5.74, 6) is -0.669. The molecule has 3 aromatic rings. The van der Waals surface area contributed by atoms with Crippen molar-refractivity contribution in [2.45, 2.75) is 18.4 Å². The van der Waals surface area contributed by atoms with E-state index in [-0.39, 0.29) is 24.7 Å². The second-order valence-corrected chi connectivity index (χ2v) is 9.76. The van der Waals surface area contributed by atoms with Gasteiger partial charge >= 0.3 is 22.2 Å². The van der Waals surface area contributed by atoms with Crippen LogP contribution >= 0.6 is 0 Å². The summed E-state index contributed by atoms with van der Waals surface area (Å²) in [6, 6.07) is 21.2. The van der Waals surface area contributed by atoms with Gasteiger partial charge in [-0.1, -0.05) is 60.7 Å². The molecule has 0 aliphatic heterocycles. The Morgan fingerprint density at radius 3 is 2.17 bits per heavy atom. The number of ether oxygens (including phenoxy) is 2. The van der Waals surface area contributed by atoms with Crippen LogP contribution in [0.15, 0.2) is 72.8 Å². The molecule has 0 spiro atoms. The summed E-state index contributed by atoms with van der Waals surface area (Å²) in [6.45, 7) is 0.103. The van der Waals surface area contributed by atoms with Gasteiger partial charge in [0.05, 0.1) is 13.4 Å². The largest absolute Gasteiger partial charge is 0.467 e. The van der Waals surface area contributed by atoms with Crippen LogP contribution in [0.2, 0.25) is 0 Å². The Morgan fingerprint density at radius 1 is 0.943 bits per heavy atom. The first-order valence-corrected chi connectivity index (χ1v) is 12.7. The van der Waals surface area contributed by atoms with Crippen molar-refractivity contribution in [2.24, 2.45) is 0 Å². The van der Waals surface area contributed by atoms with Crippen LogP contribution in [-0.4, -0.2) is 46.5 Å². The van der Waals surface area contributed by atoms with E-state index >= 15 is 0 Å². The number of hydrogen-bond donors (Lipinski definition) is 1. The molecule has 1 aliphatic rings. The van der Waals surface area contributed by atoms with Crippen molar-refractivity contribution in [1.29, 1.82) is 0 Å². The lowest BCUT2D eigenvalue weighted by Gasteiger charge is -2.19. The number of benzene rings is 3. The highest BCUT2D eigenvalue weighted by Gasteiger charge is 2.30. The predicted octanol–water partition coefficient (Wildman–Crippen LogP) is 3.65. The molecule has 0 radical (unpaired) electrons. The Bertz CT molecular complexity index is 1310. The lowest BCUT2D eigenvalue weighted by atomic mass is 9.98. The highest BCUT2D eigenvalue weighted by molar-refractivity contribution is 7.86. The van der Waals surface area contributed by atoms with Crippen LogP contribution in [0.1, 0.15) is 22.6 Å². The van der Waals surface area contributed by atoms with Gasteiger partial charge in [0.15, 0.2) is 0 Å². The number of alkyl carbamates (subject to hydrolysis) is 1. The maximum absolute atomic E-state index is 12.7. The van der Waals surface area contributed by atoms with Crippen molar-refractivity contribution in [2.75, 3.05) is 20.0 Å². The van der Waals surface area contributed by atoms with Crippen LogP contribution in [0.4, 0.5) is 4.79 Å². The monoisotopic (exact) mass is 495 g/mol. The topological polar surface area (TPSA) is 108 Å². The number of carbonyl (C=O) groups is 2. The Morgan fingerprint density at radius 2 is 1.57 bits per heavy atom. The van der Waals surface area contributed by atoms with E-state index in [0.717, 1.165) is 28.5 Å². The fourth-order valence-electron chi connectivity index (χ4n) is 4.25. The smallest absolute Gasteiger partial charge is 0.407 e. The molecule has 1 amide bonds. The van der Waals surface area contributed by atoms with E-state index in [4.69, 9.17) is 13.7 Å². The molecule has 8 nitrogen and oxygen atoms in total. The molecule has 0 aromatic heterocycles. The zero-order chi connectivity index (χ0) is 25.0. The number of hydrogen-bond acceptors (Lipinski definition) is 7. The SMILES string of the molecule is COC(=O)[C@H](Cc1cccc(OS(C)(=O)=O)c1)NC(=O)OCC1c2ccccc2-c2ccccc21. The third kappa shape index (κ3) is 5.81. The summed E-state index contributed by atoms with van der Waals surface area (Å²) in [6.07, 6.45) is 0.235. The fourth-order valence-corrected chi connectivity index (χ4v) is 4.71. The fraction of sp³-hybridized carbons (Fsp3) is 0.231. The number of nitrogens with one attached hydrogen (secondary N) is 1. The summed E-state index contributed by atoms with van der Waals surface area (Å²) < 4.78 is 38.0. The standard InChI is InChI=1S/C26H25NO7S/c1-32-25(28)24(15-17-8-7-9-18(14-17)34-35(2,30)31)27-26(29)33-16-23-21-12-5-3-10-19(21)20-11-4-6-13-22(20)23/h3-14,23-24H,15-16H2,1-2H3,(H,27,29)/t24-/m0/s1. The van der Waals surface area contributed by atoms with Crippen molar-refractivity contribution in [1.82, 2.24) is 5.32 Å². The van der Waals surface area contributed by atoms with E-state index in [9.17, 15) is 18.0 Å². The lowest BCUT2D eigenvalue weighted by molar-refractivity contribution is -0.143. The van der Waals surface area contributed by atoms with Crippen LogP contribution in [0, 0.1) is 0 Å². The van der Waals surface area contributed by atoms with Crippen LogP contribution in [0.3, 0.4) is 0 Å². The third-order valence-electron chi connectivity index (χ3n) is 5.71. The van der Waals surface area contributed by atoms with E-state index in [0.29, 0.717) is 5.56 Å². The third-order valence-corrected chi connectivity index (χ3v) is 6.20. The average molecular weight is 496 g/mol. The Hall–Kier alpha value is -3.85. The van der Waals surface area contributed by atoms with Gasteiger partial charge in [-0.3, -0.25) is 0 Å². The highest BCUT2D eigenvalue weighted by Crippen LogP contribution is 2.44. The summed E-state index contributed by atoms with van der Waals surface area (Å²) in [4.78, 5) is 25.0. The second-order valence-electron chi connectivity index (χ2n) is 8.18. The van der Waals surface area contributed by atoms with Crippen LogP contribution < -0.4 is 9.50 Å². The molecule has 0 bridgehead atoms. The average Bonchev–Trinajstić information content (AvgIpc) is 3.15. The molecule has 0 saturated carbocycles. The molecular formula is C26H25NO7S. The molecule has 1 atom stereocenters. The van der Waals surface area contributed by atoms with Crippen molar-refractivity contribution >= 4 is 22.2 Å². The molecule has 35 heavy (non-hydrogen) atoms. The number of esters is 1. The zero-order valence-electron chi connectivity index (χ0n) is 19.3. The van der Waals surface area contributed by atoms with Crippen molar-refractivity contribution in [3.05, 3.63) is 89.5 Å². The van der Waals surface area contributed by atoms with Crippen LogP contribution in [-0.2, 0) is 30.8 Å². The number of carbonyl (C=O) groups excluding carboxylic acids is 2. The van der Waals surface area contributed by atoms with Crippen LogP contribution in [0.25, 0.3) is 11.1 Å². The predicted molar refractivity (Wildman–Crippen MR) is 130 cm³/mol. The molecule has 3 aromatic carbocycles. The minimum absolute atomic E-state index is 0.0534. The number of methoxy groups -OCH3 is 1. The molecule has 0 unspecified atom stereocenters. The van der Waals surface area contributed by atoms with Gasteiger partial charge < -0.3 is 19.0 Å². The summed E-state index contributed by atoms with van der Waals surface area (Å²) >= 11 is 0. The minimum Gasteiger partial charge on any atom is -0.467 e. The normalized spacial score (nSPS) is 13.3. The van der Waals surface area contributed by atoms with Gasteiger partial charge in [0, 0.05) is 12.3 Å². The second kappa shape index (κ2) is 10.2. The van der Waals surface area contributed by atoms with Gasteiger partial charge in [-0.15, -0.1) is 0 Å². The molecule has 1 aliphatic carbocycles. The van der Waals surface area contributed by atoms with E-state index in [1.165, 1.54) is 19.2 Å². The highest BCUT2D eigenvalue weighted by atomic mass is 32.2. The Kier molecular flexibility index (Phi) is 7.07. The van der Waals surface area contributed by atoms with Gasteiger partial charge in [-0.05, 0) is 39.9 Å². The molecular weight excluding hydrogens is 470 g/mol. The number of fused-ring (bicyclic) bond motifs is 3. The van der Waals surface area contributed by atoms with Gasteiger partial charge in [-0.2, -0.15) is 8.42 Å². The van der Waals surface area contributed by atoms with Crippen molar-refractivity contribution < 1.29 is 31.7 Å². The molecule has 9 heteroatoms. The zero-order valence-corrected chi connectivity index (χ0v) is 20.1. The van der Waals surface area contributed by atoms with Gasteiger partial charge in [-0.25, -0.2) is 9.59 Å². The van der Waals surface area contributed by atoms with Crippen LogP contribution in [0.5, 0.6) is 5.75 Å². The minimum atomic E-state index is -3.70. The Labute approximate surface area is 204 Å².